The number of ether oxygens (including phenoxy) is 3. The van der Waals surface area contributed by atoms with E-state index in [0.717, 1.165) is 6.07 Å². The van der Waals surface area contributed by atoms with Gasteiger partial charge in [-0.05, 0) is 36.8 Å². The van der Waals surface area contributed by atoms with Crippen LogP contribution < -0.4 is 19.6 Å². The predicted molar refractivity (Wildman–Crippen MR) is 144 cm³/mol. The van der Waals surface area contributed by atoms with Gasteiger partial charge in [0, 0.05) is 53.8 Å². The second-order valence-corrected chi connectivity index (χ2v) is 8.89. The van der Waals surface area contributed by atoms with E-state index in [0.29, 0.717) is 39.4 Å². The summed E-state index contributed by atoms with van der Waals surface area (Å²) in [7, 11) is 2.88. The molecule has 0 aliphatic rings. The highest BCUT2D eigenvalue weighted by molar-refractivity contribution is 5.99. The number of halogens is 2. The first kappa shape index (κ1) is 26.5. The molecule has 5 rings (SSSR count). The number of benzene rings is 2. The third-order valence-electron chi connectivity index (χ3n) is 6.34. The van der Waals surface area contributed by atoms with Gasteiger partial charge in [-0.15, -0.1) is 0 Å². The minimum atomic E-state index is -0.695. The zero-order valence-corrected chi connectivity index (χ0v) is 21.7. The van der Waals surface area contributed by atoms with Gasteiger partial charge < -0.3 is 19.2 Å². The average molecular weight is 544 g/mol. The lowest BCUT2D eigenvalue weighted by Gasteiger charge is -2.12. The molecule has 5 aromatic rings. The molecule has 0 spiro atoms. The molecule has 0 bridgehead atoms. The Hall–Kier alpha value is -5.12. The van der Waals surface area contributed by atoms with E-state index in [-0.39, 0.29) is 29.0 Å². The zero-order valence-electron chi connectivity index (χ0n) is 21.7. The number of nitrogens with one attached hydrogen (secondary N) is 1. The number of ketones is 1. The molecule has 0 radical (unpaired) electrons. The van der Waals surface area contributed by atoms with E-state index >= 15 is 4.39 Å². The highest BCUT2D eigenvalue weighted by atomic mass is 19.1. The van der Waals surface area contributed by atoms with E-state index in [1.165, 1.54) is 57.1 Å². The quantitative estimate of drug-likeness (QED) is 0.247. The summed E-state index contributed by atoms with van der Waals surface area (Å²) in [6.07, 6.45) is 4.24. The van der Waals surface area contributed by atoms with E-state index in [1.807, 2.05) is 0 Å². The molecule has 0 fully saturated rings. The van der Waals surface area contributed by atoms with Crippen molar-refractivity contribution in [3.8, 4) is 34.1 Å². The first-order chi connectivity index (χ1) is 19.3. The molecule has 202 valence electrons. The minimum absolute atomic E-state index is 0.0688. The second-order valence-electron chi connectivity index (χ2n) is 8.89. The topological polar surface area (TPSA) is 103 Å². The molecule has 0 aliphatic heterocycles. The molecule has 0 unspecified atom stereocenters. The molecule has 1 N–H and O–H groups in total. The molecular formula is C30H23F2N3O5. The maximum atomic E-state index is 15.1. The van der Waals surface area contributed by atoms with Crippen LogP contribution in [0.15, 0.2) is 71.9 Å². The molecule has 0 aliphatic carbocycles. The molecule has 8 nitrogen and oxygen atoms in total. The van der Waals surface area contributed by atoms with Gasteiger partial charge in [0.15, 0.2) is 23.1 Å². The first-order valence-electron chi connectivity index (χ1n) is 12.1. The van der Waals surface area contributed by atoms with E-state index in [1.54, 1.807) is 25.1 Å². The van der Waals surface area contributed by atoms with Crippen molar-refractivity contribution < 1.29 is 27.8 Å². The normalized spacial score (nSPS) is 10.9. The Kier molecular flexibility index (Phi) is 7.24. The molecule has 0 saturated carbocycles. The number of rotatable bonds is 8. The van der Waals surface area contributed by atoms with Crippen molar-refractivity contribution in [3.05, 3.63) is 106 Å². The van der Waals surface area contributed by atoms with Crippen LogP contribution in [0.4, 0.5) is 8.78 Å². The van der Waals surface area contributed by atoms with Gasteiger partial charge in [0.25, 0.3) is 0 Å². The molecule has 3 aromatic heterocycles. The lowest BCUT2D eigenvalue weighted by molar-refractivity contribution is 0.0991. The summed E-state index contributed by atoms with van der Waals surface area (Å²) in [5, 5.41) is 0. The Labute approximate surface area is 227 Å². The van der Waals surface area contributed by atoms with E-state index in [9.17, 15) is 14.0 Å². The Morgan fingerprint density at radius 2 is 1.75 bits per heavy atom. The molecule has 2 aromatic carbocycles. The summed E-state index contributed by atoms with van der Waals surface area (Å²) >= 11 is 0. The highest BCUT2D eigenvalue weighted by Crippen LogP contribution is 2.31. The van der Waals surface area contributed by atoms with Crippen LogP contribution in [-0.2, 0) is 6.42 Å². The number of carbonyl (C=O) groups excluding carboxylic acids is 1. The van der Waals surface area contributed by atoms with Crippen LogP contribution in [0.3, 0.4) is 0 Å². The van der Waals surface area contributed by atoms with Gasteiger partial charge in [0.2, 0.25) is 5.43 Å². The monoisotopic (exact) mass is 543 g/mol. The fourth-order valence-electron chi connectivity index (χ4n) is 4.36. The van der Waals surface area contributed by atoms with Gasteiger partial charge in [-0.25, -0.2) is 13.8 Å². The Morgan fingerprint density at radius 1 is 0.925 bits per heavy atom. The van der Waals surface area contributed by atoms with Gasteiger partial charge in [-0.3, -0.25) is 14.6 Å². The van der Waals surface area contributed by atoms with Crippen molar-refractivity contribution in [2.45, 2.75) is 13.3 Å². The van der Waals surface area contributed by atoms with Crippen LogP contribution >= 0.6 is 0 Å². The number of aromatic amines is 1. The summed E-state index contributed by atoms with van der Waals surface area (Å²) in [5.41, 5.74) is 1.51. The number of carbonyl (C=O) groups is 1. The molecule has 10 heteroatoms. The largest absolute Gasteiger partial charge is 0.496 e. The second kappa shape index (κ2) is 10.9. The number of fused-ring (bicyclic) bond motifs is 1. The Bertz CT molecular complexity index is 1820. The van der Waals surface area contributed by atoms with Gasteiger partial charge in [-0.2, -0.15) is 0 Å². The number of aryl methyl sites for hydroxylation is 1. The maximum Gasteiger partial charge on any atom is 0.200 e. The predicted octanol–water partition coefficient (Wildman–Crippen LogP) is 5.81. The summed E-state index contributed by atoms with van der Waals surface area (Å²) in [6.45, 7) is 1.60. The number of H-pyrrole nitrogens is 1. The molecule has 3 heterocycles. The van der Waals surface area contributed by atoms with Crippen molar-refractivity contribution >= 4 is 16.8 Å². The fourth-order valence-corrected chi connectivity index (χ4v) is 4.36. The molecule has 0 saturated heterocycles. The van der Waals surface area contributed by atoms with Crippen molar-refractivity contribution in [2.24, 2.45) is 0 Å². The minimum Gasteiger partial charge on any atom is -0.496 e. The summed E-state index contributed by atoms with van der Waals surface area (Å²) in [6, 6.07) is 11.2. The van der Waals surface area contributed by atoms with E-state index in [4.69, 9.17) is 14.2 Å². The Balaban J connectivity index is 1.41. The number of aromatic nitrogens is 3. The highest BCUT2D eigenvalue weighted by Gasteiger charge is 2.21. The lowest BCUT2D eigenvalue weighted by Crippen LogP contribution is -2.21. The number of nitrogens with zero attached hydrogens (tertiary/aromatic N) is 2. The molecular weight excluding hydrogens is 520 g/mol. The van der Waals surface area contributed by atoms with Crippen LogP contribution in [0.5, 0.6) is 23.0 Å². The summed E-state index contributed by atoms with van der Waals surface area (Å²) < 4.78 is 44.9. The van der Waals surface area contributed by atoms with Crippen molar-refractivity contribution in [3.63, 3.8) is 0 Å². The zero-order chi connectivity index (χ0) is 28.4. The molecule has 0 atom stereocenters. The summed E-state index contributed by atoms with van der Waals surface area (Å²) in [5.74, 6) is -0.822. The van der Waals surface area contributed by atoms with Crippen LogP contribution in [0.1, 0.15) is 21.6 Å². The molecule has 0 amide bonds. The number of Topliss-reactive ketones (excluding diaryl/α,β-unsaturated/α-hetero) is 1. The number of hydrogen-bond acceptors (Lipinski definition) is 7. The van der Waals surface area contributed by atoms with E-state index < -0.39 is 22.8 Å². The maximum absolute atomic E-state index is 15.1. The van der Waals surface area contributed by atoms with Crippen molar-refractivity contribution in [2.75, 3.05) is 14.2 Å². The van der Waals surface area contributed by atoms with Crippen LogP contribution in [-0.4, -0.2) is 35.0 Å². The fraction of sp³-hybridized carbons (Fsp3) is 0.133. The number of pyridine rings is 3. The third-order valence-corrected chi connectivity index (χ3v) is 6.34. The molecule has 40 heavy (non-hydrogen) atoms. The van der Waals surface area contributed by atoms with Gasteiger partial charge in [0.1, 0.15) is 22.8 Å². The lowest BCUT2D eigenvalue weighted by atomic mass is 9.97. The average Bonchev–Trinajstić information content (AvgIpc) is 2.94. The van der Waals surface area contributed by atoms with Crippen LogP contribution in [0, 0.1) is 18.6 Å². The Morgan fingerprint density at radius 3 is 2.50 bits per heavy atom. The first-order valence-corrected chi connectivity index (χ1v) is 12.1. The van der Waals surface area contributed by atoms with Crippen molar-refractivity contribution in [1.29, 1.82) is 0 Å². The van der Waals surface area contributed by atoms with E-state index in [2.05, 4.69) is 15.0 Å². The smallest absolute Gasteiger partial charge is 0.200 e. The van der Waals surface area contributed by atoms with Gasteiger partial charge in [0.05, 0.1) is 31.5 Å². The number of methoxy groups -OCH3 is 2. The van der Waals surface area contributed by atoms with Gasteiger partial charge >= 0.3 is 0 Å². The number of hydrogen-bond donors (Lipinski definition) is 1. The SMILES string of the molecule is COc1cnc2c(Oc3ccc(CC(=O)c4c(C)[nH]cc(-c5ccc(F)cc5OC)c4=O)cc3F)ccnc2c1. The van der Waals surface area contributed by atoms with Crippen molar-refractivity contribution in [1.82, 2.24) is 15.0 Å². The van der Waals surface area contributed by atoms with Crippen LogP contribution in [0.2, 0.25) is 0 Å². The van der Waals surface area contributed by atoms with Gasteiger partial charge in [-0.1, -0.05) is 6.07 Å². The third kappa shape index (κ3) is 5.11. The standard InChI is InChI=1S/C30H23F2N3O5/c1-16-28(30(37)21(15-34-16)20-6-5-18(31)12-27(20)39-3)24(36)11-17-4-7-25(22(32)10-17)40-26-8-9-33-23-13-19(38-2)14-35-29(23)26/h4-10,12-15H,11H2,1-3H3,(H,34,37). The summed E-state index contributed by atoms with van der Waals surface area (Å²) in [4.78, 5) is 38.0. The van der Waals surface area contributed by atoms with Crippen LogP contribution in [0.25, 0.3) is 22.2 Å².